The van der Waals surface area contributed by atoms with Crippen molar-refractivity contribution in [1.82, 2.24) is 5.32 Å². The Kier molecular flexibility index (Phi) is 6.63. The van der Waals surface area contributed by atoms with Crippen LogP contribution in [0.1, 0.15) is 37.9 Å². The van der Waals surface area contributed by atoms with Crippen LogP contribution in [0.2, 0.25) is 0 Å². The molecule has 2 aromatic rings. The number of carbonyl (C=O) groups excluding carboxylic acids is 1. The molecule has 0 radical (unpaired) electrons. The van der Waals surface area contributed by atoms with E-state index < -0.39 is 17.7 Å². The molecule has 5 nitrogen and oxygen atoms in total. The van der Waals surface area contributed by atoms with Gasteiger partial charge in [0.15, 0.2) is 0 Å². The summed E-state index contributed by atoms with van der Waals surface area (Å²) in [5.41, 5.74) is 1.19. The van der Waals surface area contributed by atoms with Crippen LogP contribution < -0.4 is 5.32 Å². The van der Waals surface area contributed by atoms with Gasteiger partial charge in [0, 0.05) is 17.2 Å². The van der Waals surface area contributed by atoms with E-state index in [1.54, 1.807) is 27.9 Å². The molecule has 6 heteroatoms. The topological polar surface area (TPSA) is 71.4 Å². The zero-order valence-corrected chi connectivity index (χ0v) is 17.5. The Morgan fingerprint density at radius 1 is 1.33 bits per heavy atom. The third kappa shape index (κ3) is 5.31. The number of nitriles is 1. The number of methoxy groups -OCH3 is 1. The Bertz CT molecular complexity index is 910. The highest BCUT2D eigenvalue weighted by Crippen LogP contribution is 2.34. The van der Waals surface area contributed by atoms with Gasteiger partial charge in [-0.2, -0.15) is 5.26 Å². The van der Waals surface area contributed by atoms with E-state index in [-0.39, 0.29) is 5.57 Å². The number of halogens is 1. The molecule has 0 aliphatic heterocycles. The maximum atomic E-state index is 12.4. The molecule has 1 N–H and O–H groups in total. The molecule has 27 heavy (non-hydrogen) atoms. The minimum absolute atomic E-state index is 0.214. The van der Waals surface area contributed by atoms with Gasteiger partial charge in [0.1, 0.15) is 5.60 Å². The normalized spacial score (nSPS) is 12.3. The van der Waals surface area contributed by atoms with Crippen molar-refractivity contribution in [3.05, 3.63) is 58.1 Å². The molecule has 0 spiro atoms. The molecule has 1 amide bonds. The van der Waals surface area contributed by atoms with Crippen molar-refractivity contribution < 1.29 is 14.3 Å². The van der Waals surface area contributed by atoms with Crippen molar-refractivity contribution in [1.29, 1.82) is 5.26 Å². The molecule has 1 unspecified atom stereocenters. The maximum absolute atomic E-state index is 12.4. The summed E-state index contributed by atoms with van der Waals surface area (Å²) in [5.74, 6) is 0. The van der Waals surface area contributed by atoms with Crippen LogP contribution in [0.3, 0.4) is 0 Å². The summed E-state index contributed by atoms with van der Waals surface area (Å²) in [4.78, 5) is 12.4. The van der Waals surface area contributed by atoms with Crippen molar-refractivity contribution in [3.8, 4) is 6.07 Å². The lowest BCUT2D eigenvalue weighted by molar-refractivity contribution is 0.0512. The molecule has 0 saturated heterocycles. The van der Waals surface area contributed by atoms with E-state index in [9.17, 15) is 10.1 Å². The first-order valence-electron chi connectivity index (χ1n) is 8.44. The van der Waals surface area contributed by atoms with E-state index >= 15 is 0 Å². The van der Waals surface area contributed by atoms with Gasteiger partial charge in [-0.25, -0.2) is 4.79 Å². The zero-order chi connectivity index (χ0) is 20.2. The minimum Gasteiger partial charge on any atom is -0.444 e. The lowest BCUT2D eigenvalue weighted by Crippen LogP contribution is -2.36. The van der Waals surface area contributed by atoms with E-state index in [1.807, 2.05) is 30.3 Å². The third-order valence-corrected chi connectivity index (χ3v) is 4.35. The number of fused-ring (bicyclic) bond motifs is 1. The van der Waals surface area contributed by atoms with Crippen LogP contribution in [0.4, 0.5) is 4.79 Å². The molecule has 0 fully saturated rings. The fourth-order valence-electron chi connectivity index (χ4n) is 2.81. The molecule has 0 aromatic heterocycles. The molecule has 0 aliphatic rings. The largest absolute Gasteiger partial charge is 0.444 e. The van der Waals surface area contributed by atoms with Crippen molar-refractivity contribution >= 4 is 32.8 Å². The van der Waals surface area contributed by atoms with Gasteiger partial charge in [-0.05, 0) is 54.8 Å². The molecule has 142 valence electrons. The molecule has 2 aromatic carbocycles. The first-order valence-corrected chi connectivity index (χ1v) is 9.24. The Morgan fingerprint density at radius 3 is 2.59 bits per heavy atom. The van der Waals surface area contributed by atoms with E-state index in [1.165, 1.54) is 0 Å². The Labute approximate surface area is 168 Å². The summed E-state index contributed by atoms with van der Waals surface area (Å²) in [7, 11) is 1.60. The van der Waals surface area contributed by atoms with Gasteiger partial charge in [0.05, 0.1) is 18.7 Å². The molecule has 0 aliphatic carbocycles. The summed E-state index contributed by atoms with van der Waals surface area (Å²) in [5, 5.41) is 14.2. The third-order valence-electron chi connectivity index (χ3n) is 3.86. The number of hydrogen-bond donors (Lipinski definition) is 1. The Balaban J connectivity index is 2.63. The number of amides is 1. The van der Waals surface area contributed by atoms with Gasteiger partial charge in [0.2, 0.25) is 0 Å². The average Bonchev–Trinajstić information content (AvgIpc) is 2.58. The zero-order valence-electron chi connectivity index (χ0n) is 15.9. The Morgan fingerprint density at radius 2 is 2.00 bits per heavy atom. The summed E-state index contributed by atoms with van der Waals surface area (Å²) in [6.45, 7) is 9.53. The van der Waals surface area contributed by atoms with Gasteiger partial charge in [-0.3, -0.25) is 0 Å². The van der Waals surface area contributed by atoms with E-state index in [0.29, 0.717) is 6.61 Å². The van der Waals surface area contributed by atoms with E-state index in [0.717, 1.165) is 26.4 Å². The fourth-order valence-corrected chi connectivity index (χ4v) is 3.17. The maximum Gasteiger partial charge on any atom is 0.408 e. The molecular formula is C21H23BrN2O3. The van der Waals surface area contributed by atoms with Crippen LogP contribution in [-0.4, -0.2) is 18.8 Å². The van der Waals surface area contributed by atoms with Crippen LogP contribution in [0.5, 0.6) is 0 Å². The smallest absolute Gasteiger partial charge is 0.408 e. The highest BCUT2D eigenvalue weighted by Gasteiger charge is 2.26. The number of benzene rings is 2. The summed E-state index contributed by atoms with van der Waals surface area (Å²) in [6, 6.07) is 11.1. The van der Waals surface area contributed by atoms with Gasteiger partial charge in [-0.1, -0.05) is 40.7 Å². The second kappa shape index (κ2) is 8.55. The van der Waals surface area contributed by atoms with Crippen molar-refractivity contribution in [2.75, 3.05) is 7.11 Å². The first kappa shape index (κ1) is 20.9. The number of nitrogens with one attached hydrogen (secondary N) is 1. The second-order valence-electron chi connectivity index (χ2n) is 7.15. The fraction of sp³-hybridized carbons (Fsp3) is 0.333. The standard InChI is InChI=1S/C21H23BrN2O3/c1-13(11-23)19(24-20(25)27-21(2,3)4)18-15(12-26-5)7-6-14-8-9-16(22)10-17(14)18/h6-10,19H,1,12H2,2-5H3,(H,24,25). The second-order valence-corrected chi connectivity index (χ2v) is 8.07. The predicted octanol–water partition coefficient (Wildman–Crippen LogP) is 5.39. The minimum atomic E-state index is -0.729. The summed E-state index contributed by atoms with van der Waals surface area (Å²) < 4.78 is 11.6. The number of ether oxygens (including phenoxy) is 2. The molecule has 2 rings (SSSR count). The van der Waals surface area contributed by atoms with E-state index in [4.69, 9.17) is 9.47 Å². The highest BCUT2D eigenvalue weighted by molar-refractivity contribution is 9.10. The van der Waals surface area contributed by atoms with Crippen LogP contribution in [-0.2, 0) is 16.1 Å². The van der Waals surface area contributed by atoms with Crippen LogP contribution in [0, 0.1) is 11.3 Å². The van der Waals surface area contributed by atoms with Gasteiger partial charge in [0.25, 0.3) is 0 Å². The quantitative estimate of drug-likeness (QED) is 0.644. The number of hydrogen-bond acceptors (Lipinski definition) is 4. The van der Waals surface area contributed by atoms with Crippen molar-refractivity contribution in [3.63, 3.8) is 0 Å². The van der Waals surface area contributed by atoms with Crippen LogP contribution in [0.15, 0.2) is 47.0 Å². The van der Waals surface area contributed by atoms with Gasteiger partial charge < -0.3 is 14.8 Å². The first-order chi connectivity index (χ1) is 12.7. The SMILES string of the molecule is C=C(C#N)C(NC(=O)OC(C)(C)C)c1c(COC)ccc2ccc(Br)cc12. The summed E-state index contributed by atoms with van der Waals surface area (Å²) in [6.07, 6.45) is -0.612. The van der Waals surface area contributed by atoms with Crippen LogP contribution >= 0.6 is 15.9 Å². The molecular weight excluding hydrogens is 408 g/mol. The number of alkyl carbamates (subject to hydrolysis) is 1. The number of nitrogens with zero attached hydrogens (tertiary/aromatic N) is 1. The van der Waals surface area contributed by atoms with E-state index in [2.05, 4.69) is 33.9 Å². The predicted molar refractivity (Wildman–Crippen MR) is 109 cm³/mol. The molecule has 1 atom stereocenters. The average molecular weight is 431 g/mol. The molecule has 0 saturated carbocycles. The van der Waals surface area contributed by atoms with Gasteiger partial charge in [-0.15, -0.1) is 0 Å². The Hall–Kier alpha value is -2.36. The van der Waals surface area contributed by atoms with Crippen LogP contribution in [0.25, 0.3) is 10.8 Å². The van der Waals surface area contributed by atoms with Crippen molar-refractivity contribution in [2.24, 2.45) is 0 Å². The number of rotatable bonds is 5. The van der Waals surface area contributed by atoms with Gasteiger partial charge >= 0.3 is 6.09 Å². The highest BCUT2D eigenvalue weighted by atomic mass is 79.9. The number of carbonyl (C=O) groups is 1. The molecule has 0 bridgehead atoms. The molecule has 0 heterocycles. The monoisotopic (exact) mass is 430 g/mol. The lowest BCUT2D eigenvalue weighted by Gasteiger charge is -2.26. The summed E-state index contributed by atoms with van der Waals surface area (Å²) >= 11 is 3.49. The lowest BCUT2D eigenvalue weighted by atomic mass is 9.90. The van der Waals surface area contributed by atoms with Crippen molar-refractivity contribution in [2.45, 2.75) is 39.0 Å².